The van der Waals surface area contributed by atoms with Gasteiger partial charge < -0.3 is 9.80 Å². The third-order valence-electron chi connectivity index (χ3n) is 6.01. The van der Waals surface area contributed by atoms with Crippen LogP contribution in [-0.4, -0.2) is 62.5 Å². The van der Waals surface area contributed by atoms with E-state index < -0.39 is 0 Å². The lowest BCUT2D eigenvalue weighted by Gasteiger charge is -2.35. The second-order valence-electron chi connectivity index (χ2n) is 8.24. The Hall–Kier alpha value is -4.33. The van der Waals surface area contributed by atoms with Gasteiger partial charge in [-0.1, -0.05) is 48.0 Å². The maximum atomic E-state index is 13.3. The first-order valence-electron chi connectivity index (χ1n) is 11.2. The van der Waals surface area contributed by atoms with E-state index in [1.54, 1.807) is 58.4 Å². The Morgan fingerprint density at radius 1 is 0.794 bits per heavy atom. The van der Waals surface area contributed by atoms with Gasteiger partial charge in [0.1, 0.15) is 6.33 Å². The summed E-state index contributed by atoms with van der Waals surface area (Å²) in [7, 11) is 0. The third kappa shape index (κ3) is 4.30. The standard InChI is InChI=1S/C26H24N6O2/c1-19-6-8-20(9-7-19)25(33)21-4-2-3-5-22(21)26(34)31-16-14-30(15-17-31)23-10-11-24(29-28-23)32-13-12-27-18-32/h2-13,18H,14-17H2,1H3. The van der Waals surface area contributed by atoms with Gasteiger partial charge in [0.25, 0.3) is 5.91 Å². The summed E-state index contributed by atoms with van der Waals surface area (Å²) in [4.78, 5) is 34.4. The first-order chi connectivity index (χ1) is 16.6. The van der Waals surface area contributed by atoms with Crippen LogP contribution in [0.3, 0.4) is 0 Å². The molecule has 3 heterocycles. The van der Waals surface area contributed by atoms with Crippen LogP contribution in [0.15, 0.2) is 79.4 Å². The van der Waals surface area contributed by atoms with Crippen molar-refractivity contribution in [1.82, 2.24) is 24.6 Å². The number of aryl methyl sites for hydroxylation is 1. The quantitative estimate of drug-likeness (QED) is 0.433. The fraction of sp³-hybridized carbons (Fsp3) is 0.192. The van der Waals surface area contributed by atoms with Gasteiger partial charge in [0.2, 0.25) is 0 Å². The molecule has 1 saturated heterocycles. The van der Waals surface area contributed by atoms with Crippen molar-refractivity contribution >= 4 is 17.5 Å². The van der Waals surface area contributed by atoms with E-state index in [0.717, 1.165) is 11.4 Å². The normalized spacial score (nSPS) is 13.7. The minimum absolute atomic E-state index is 0.128. The van der Waals surface area contributed by atoms with E-state index in [9.17, 15) is 9.59 Å². The molecule has 1 fully saturated rings. The zero-order chi connectivity index (χ0) is 23.5. The largest absolute Gasteiger partial charge is 0.352 e. The van der Waals surface area contributed by atoms with E-state index in [-0.39, 0.29) is 11.7 Å². The molecule has 0 aliphatic carbocycles. The Kier molecular flexibility index (Phi) is 5.86. The summed E-state index contributed by atoms with van der Waals surface area (Å²) < 4.78 is 1.79. The second kappa shape index (κ2) is 9.27. The molecule has 170 valence electrons. The number of aromatic nitrogens is 4. The summed E-state index contributed by atoms with van der Waals surface area (Å²) in [5.74, 6) is 1.20. The molecule has 2 aromatic heterocycles. The number of nitrogens with zero attached hydrogens (tertiary/aromatic N) is 6. The van der Waals surface area contributed by atoms with Crippen LogP contribution in [0.4, 0.5) is 5.82 Å². The highest BCUT2D eigenvalue weighted by molar-refractivity contribution is 6.15. The smallest absolute Gasteiger partial charge is 0.254 e. The summed E-state index contributed by atoms with van der Waals surface area (Å²) in [6, 6.07) is 18.3. The zero-order valence-corrected chi connectivity index (χ0v) is 18.8. The average molecular weight is 453 g/mol. The predicted octanol–water partition coefficient (Wildman–Crippen LogP) is 3.16. The molecule has 34 heavy (non-hydrogen) atoms. The van der Waals surface area contributed by atoms with Gasteiger partial charge in [0.15, 0.2) is 17.4 Å². The van der Waals surface area contributed by atoms with Gasteiger partial charge in [-0.2, -0.15) is 0 Å². The summed E-state index contributed by atoms with van der Waals surface area (Å²) in [6.07, 6.45) is 5.18. The van der Waals surface area contributed by atoms with E-state index in [1.165, 1.54) is 0 Å². The molecule has 4 aromatic rings. The molecule has 0 spiro atoms. The van der Waals surface area contributed by atoms with Crippen LogP contribution in [0.2, 0.25) is 0 Å². The van der Waals surface area contributed by atoms with Crippen molar-refractivity contribution < 1.29 is 9.59 Å². The lowest BCUT2D eigenvalue weighted by molar-refractivity contribution is 0.0742. The predicted molar refractivity (Wildman–Crippen MR) is 128 cm³/mol. The molecule has 2 aromatic carbocycles. The number of imidazole rings is 1. The number of carbonyl (C=O) groups excluding carboxylic acids is 2. The van der Waals surface area contributed by atoms with Crippen LogP contribution in [0.1, 0.15) is 31.8 Å². The zero-order valence-electron chi connectivity index (χ0n) is 18.8. The SMILES string of the molecule is Cc1ccc(C(=O)c2ccccc2C(=O)N2CCN(c3ccc(-n4ccnc4)nn3)CC2)cc1. The molecule has 0 radical (unpaired) electrons. The molecule has 8 nitrogen and oxygen atoms in total. The van der Waals surface area contributed by atoms with E-state index in [0.29, 0.717) is 48.7 Å². The number of carbonyl (C=O) groups is 2. The first kappa shape index (κ1) is 21.5. The fourth-order valence-electron chi connectivity index (χ4n) is 4.06. The molecular weight excluding hydrogens is 428 g/mol. The molecule has 0 unspecified atom stereocenters. The van der Waals surface area contributed by atoms with Crippen LogP contribution in [0, 0.1) is 6.92 Å². The van der Waals surface area contributed by atoms with Crippen molar-refractivity contribution in [3.63, 3.8) is 0 Å². The van der Waals surface area contributed by atoms with Crippen molar-refractivity contribution in [2.75, 3.05) is 31.1 Å². The Bertz CT molecular complexity index is 1290. The molecule has 0 atom stereocenters. The van der Waals surface area contributed by atoms with Crippen molar-refractivity contribution in [1.29, 1.82) is 0 Å². The van der Waals surface area contributed by atoms with Gasteiger partial charge in [-0.3, -0.25) is 14.2 Å². The van der Waals surface area contributed by atoms with Crippen LogP contribution >= 0.6 is 0 Å². The maximum absolute atomic E-state index is 13.3. The fourth-order valence-corrected chi connectivity index (χ4v) is 4.06. The van der Waals surface area contributed by atoms with Gasteiger partial charge in [-0.15, -0.1) is 10.2 Å². The molecule has 8 heteroatoms. The molecule has 1 amide bonds. The van der Waals surface area contributed by atoms with Crippen molar-refractivity contribution in [3.8, 4) is 5.82 Å². The highest BCUT2D eigenvalue weighted by Crippen LogP contribution is 2.20. The van der Waals surface area contributed by atoms with Gasteiger partial charge in [-0.25, -0.2) is 4.98 Å². The van der Waals surface area contributed by atoms with Crippen LogP contribution in [0.25, 0.3) is 5.82 Å². The molecule has 5 rings (SSSR count). The number of hydrogen-bond acceptors (Lipinski definition) is 6. The number of benzene rings is 2. The Morgan fingerprint density at radius 3 is 2.12 bits per heavy atom. The van der Waals surface area contributed by atoms with Gasteiger partial charge in [-0.05, 0) is 25.1 Å². The highest BCUT2D eigenvalue weighted by Gasteiger charge is 2.26. The van der Waals surface area contributed by atoms with Gasteiger partial charge >= 0.3 is 0 Å². The maximum Gasteiger partial charge on any atom is 0.254 e. The molecule has 0 N–H and O–H groups in total. The topological polar surface area (TPSA) is 84.2 Å². The summed E-state index contributed by atoms with van der Waals surface area (Å²) in [6.45, 7) is 4.33. The van der Waals surface area contributed by atoms with Crippen molar-refractivity contribution in [2.45, 2.75) is 6.92 Å². The Balaban J connectivity index is 1.27. The number of rotatable bonds is 5. The number of piperazine rings is 1. The highest BCUT2D eigenvalue weighted by atomic mass is 16.2. The van der Waals surface area contributed by atoms with Crippen molar-refractivity contribution in [3.05, 3.63) is 102 Å². The molecule has 0 bridgehead atoms. The van der Waals surface area contributed by atoms with Crippen molar-refractivity contribution in [2.24, 2.45) is 0 Å². The minimum atomic E-state index is -0.143. The number of amides is 1. The van der Waals surface area contributed by atoms with Gasteiger partial charge in [0.05, 0.1) is 5.56 Å². The Labute approximate surface area is 197 Å². The summed E-state index contributed by atoms with van der Waals surface area (Å²) in [5.41, 5.74) is 2.53. The van der Waals surface area contributed by atoms with E-state index >= 15 is 0 Å². The second-order valence-corrected chi connectivity index (χ2v) is 8.24. The molecule has 0 saturated carbocycles. The van der Waals surface area contributed by atoms with E-state index in [1.807, 2.05) is 37.4 Å². The lowest BCUT2D eigenvalue weighted by Crippen LogP contribution is -2.49. The van der Waals surface area contributed by atoms with Gasteiger partial charge in [0, 0.05) is 49.7 Å². The minimum Gasteiger partial charge on any atom is -0.352 e. The monoisotopic (exact) mass is 452 g/mol. The Morgan fingerprint density at radius 2 is 1.47 bits per heavy atom. The number of anilines is 1. The summed E-state index contributed by atoms with van der Waals surface area (Å²) in [5, 5.41) is 8.62. The van der Waals surface area contributed by atoms with Crippen LogP contribution in [0.5, 0.6) is 0 Å². The summed E-state index contributed by atoms with van der Waals surface area (Å²) >= 11 is 0. The van der Waals surface area contributed by atoms with E-state index in [4.69, 9.17) is 0 Å². The lowest BCUT2D eigenvalue weighted by atomic mass is 9.97. The number of hydrogen-bond donors (Lipinski definition) is 0. The third-order valence-corrected chi connectivity index (χ3v) is 6.01. The number of ketones is 1. The molecule has 1 aliphatic rings. The average Bonchev–Trinajstić information content (AvgIpc) is 3.44. The van der Waals surface area contributed by atoms with Crippen LogP contribution < -0.4 is 4.90 Å². The van der Waals surface area contributed by atoms with E-state index in [2.05, 4.69) is 20.1 Å². The molecule has 1 aliphatic heterocycles. The van der Waals surface area contributed by atoms with Crippen LogP contribution in [-0.2, 0) is 0 Å². The first-order valence-corrected chi connectivity index (χ1v) is 11.2. The molecular formula is C26H24N6O2.